The van der Waals surface area contributed by atoms with Gasteiger partial charge in [-0.3, -0.25) is 14.4 Å². The van der Waals surface area contributed by atoms with E-state index in [1.54, 1.807) is 0 Å². The first kappa shape index (κ1) is 22.6. The van der Waals surface area contributed by atoms with Crippen molar-refractivity contribution in [2.75, 3.05) is 13.2 Å². The van der Waals surface area contributed by atoms with Gasteiger partial charge in [0, 0.05) is 25.7 Å². The molecule has 0 aromatic carbocycles. The van der Waals surface area contributed by atoms with Crippen molar-refractivity contribution in [2.45, 2.75) is 71.9 Å². The summed E-state index contributed by atoms with van der Waals surface area (Å²) < 4.78 is 28.4. The number of carbonyl (C=O) groups excluding carboxylic acids is 3. The topological polar surface area (TPSA) is 101 Å². The van der Waals surface area contributed by atoms with Crippen molar-refractivity contribution in [1.29, 1.82) is 0 Å². The molecule has 0 aromatic heterocycles. The van der Waals surface area contributed by atoms with Crippen LogP contribution in [0.3, 0.4) is 0 Å². The summed E-state index contributed by atoms with van der Waals surface area (Å²) in [5, 5.41) is 0. The van der Waals surface area contributed by atoms with Crippen molar-refractivity contribution < 1.29 is 38.1 Å². The van der Waals surface area contributed by atoms with Gasteiger partial charge in [0.1, 0.15) is 30.3 Å². The van der Waals surface area contributed by atoms with Crippen LogP contribution in [-0.4, -0.2) is 48.9 Å². The number of carbonyl (C=O) groups is 3. The van der Waals surface area contributed by atoms with Crippen LogP contribution in [-0.2, 0) is 38.1 Å². The number of rotatable bonds is 9. The van der Waals surface area contributed by atoms with Crippen LogP contribution in [0.4, 0.5) is 0 Å². The van der Waals surface area contributed by atoms with Crippen molar-refractivity contribution >= 4 is 17.7 Å². The van der Waals surface area contributed by atoms with E-state index in [0.29, 0.717) is 25.2 Å². The number of ether oxygens (including phenoxy) is 5. The van der Waals surface area contributed by atoms with Gasteiger partial charge in [0.2, 0.25) is 6.29 Å². The Morgan fingerprint density at radius 1 is 1.13 bits per heavy atom. The second-order valence-corrected chi connectivity index (χ2v) is 9.25. The average molecular weight is 424 g/mol. The van der Waals surface area contributed by atoms with Gasteiger partial charge in [0.25, 0.3) is 0 Å². The lowest BCUT2D eigenvalue weighted by molar-refractivity contribution is -0.195. The summed E-state index contributed by atoms with van der Waals surface area (Å²) in [6.45, 7) is 9.50. The molecular weight excluding hydrogens is 392 g/mol. The number of hydrogen-bond acceptors (Lipinski definition) is 8. The summed E-state index contributed by atoms with van der Waals surface area (Å²) in [5.41, 5.74) is -0.760. The molecular formula is C22H32O8. The zero-order valence-electron chi connectivity index (χ0n) is 18.3. The zero-order chi connectivity index (χ0) is 22.1. The Morgan fingerprint density at radius 3 is 2.37 bits per heavy atom. The van der Waals surface area contributed by atoms with Gasteiger partial charge in [-0.15, -0.1) is 0 Å². The maximum atomic E-state index is 12.3. The molecule has 1 aliphatic carbocycles. The molecule has 0 unspecified atom stereocenters. The highest BCUT2D eigenvalue weighted by molar-refractivity contribution is 5.79. The lowest BCUT2D eigenvalue weighted by Crippen LogP contribution is -2.45. The Kier molecular flexibility index (Phi) is 6.75. The number of allylic oxidation sites excluding steroid dienone is 1. The van der Waals surface area contributed by atoms with Gasteiger partial charge in [-0.1, -0.05) is 27.7 Å². The molecule has 30 heavy (non-hydrogen) atoms. The summed E-state index contributed by atoms with van der Waals surface area (Å²) in [6, 6.07) is 0. The SMILES string of the molecule is CC(=O)O[C@H]1C[C@@H]2C(OCC(=O)CC(C)C)=CO[C@@H](OC(=O)CC(C)C)[C@@H]2[C@@]12CO2. The normalized spacial score (nSPS) is 31.8. The van der Waals surface area contributed by atoms with Gasteiger partial charge in [-0.2, -0.15) is 0 Å². The van der Waals surface area contributed by atoms with E-state index < -0.39 is 24.0 Å². The Morgan fingerprint density at radius 2 is 1.80 bits per heavy atom. The van der Waals surface area contributed by atoms with Gasteiger partial charge < -0.3 is 23.7 Å². The number of ketones is 1. The van der Waals surface area contributed by atoms with Gasteiger partial charge in [-0.25, -0.2) is 0 Å². The molecule has 0 radical (unpaired) electrons. The van der Waals surface area contributed by atoms with E-state index >= 15 is 0 Å². The first-order valence-electron chi connectivity index (χ1n) is 10.6. The number of fused-ring (bicyclic) bond motifs is 2. The first-order chi connectivity index (χ1) is 14.1. The van der Waals surface area contributed by atoms with Crippen LogP contribution in [0.15, 0.2) is 12.0 Å². The fourth-order valence-corrected chi connectivity index (χ4v) is 4.39. The van der Waals surface area contributed by atoms with Crippen molar-refractivity contribution in [3.8, 4) is 0 Å². The molecule has 0 bridgehead atoms. The molecule has 3 rings (SSSR count). The van der Waals surface area contributed by atoms with Gasteiger partial charge in [0.05, 0.1) is 12.5 Å². The third-order valence-electron chi connectivity index (χ3n) is 5.63. The minimum absolute atomic E-state index is 0.000136. The summed E-state index contributed by atoms with van der Waals surface area (Å²) in [7, 11) is 0. The van der Waals surface area contributed by atoms with E-state index in [1.165, 1.54) is 13.2 Å². The van der Waals surface area contributed by atoms with Crippen molar-refractivity contribution in [3.05, 3.63) is 12.0 Å². The molecule has 1 saturated carbocycles. The minimum Gasteiger partial charge on any atom is -0.487 e. The third kappa shape index (κ3) is 4.96. The van der Waals surface area contributed by atoms with Crippen LogP contribution in [0.2, 0.25) is 0 Å². The van der Waals surface area contributed by atoms with E-state index in [1.807, 2.05) is 27.7 Å². The van der Waals surface area contributed by atoms with E-state index in [4.69, 9.17) is 23.7 Å². The van der Waals surface area contributed by atoms with Crippen LogP contribution in [0, 0.1) is 23.7 Å². The standard InChI is InChI=1S/C22H32O8/c1-12(2)6-15(24)9-26-17-10-27-21(30-19(25)7-13(3)4)20-16(17)8-18(29-14(5)23)22(20)11-28-22/h10,12-13,16,18,20-21H,6-9,11H2,1-5H3/t16-,18+,20-,21+,22-/m1/s1. The summed E-state index contributed by atoms with van der Waals surface area (Å²) in [6.07, 6.45) is 1.23. The molecule has 1 saturated heterocycles. The predicted molar refractivity (Wildman–Crippen MR) is 105 cm³/mol. The Labute approximate surface area is 177 Å². The molecule has 5 atom stereocenters. The average Bonchev–Trinajstić information content (AvgIpc) is 3.33. The van der Waals surface area contributed by atoms with E-state index in [9.17, 15) is 14.4 Å². The molecule has 2 heterocycles. The van der Waals surface area contributed by atoms with Gasteiger partial charge in [-0.05, 0) is 18.3 Å². The predicted octanol–water partition coefficient (Wildman–Crippen LogP) is 2.74. The maximum Gasteiger partial charge on any atom is 0.309 e. The van der Waals surface area contributed by atoms with Crippen LogP contribution >= 0.6 is 0 Å². The second-order valence-electron chi connectivity index (χ2n) is 9.25. The Bertz CT molecular complexity index is 706. The molecule has 0 aromatic rings. The molecule has 8 heteroatoms. The maximum absolute atomic E-state index is 12.3. The van der Waals surface area contributed by atoms with E-state index in [2.05, 4.69) is 0 Å². The Balaban J connectivity index is 1.77. The monoisotopic (exact) mass is 424 g/mol. The lowest BCUT2D eigenvalue weighted by atomic mass is 9.86. The molecule has 168 valence electrons. The van der Waals surface area contributed by atoms with Gasteiger partial charge >= 0.3 is 11.9 Å². The lowest BCUT2D eigenvalue weighted by Gasteiger charge is -2.34. The van der Waals surface area contributed by atoms with Gasteiger partial charge in [0.15, 0.2) is 5.78 Å². The quantitative estimate of drug-likeness (QED) is 0.411. The highest BCUT2D eigenvalue weighted by atomic mass is 16.7. The third-order valence-corrected chi connectivity index (χ3v) is 5.63. The molecule has 2 fully saturated rings. The van der Waals surface area contributed by atoms with Crippen molar-refractivity contribution in [2.24, 2.45) is 23.7 Å². The van der Waals surface area contributed by atoms with Crippen molar-refractivity contribution in [3.63, 3.8) is 0 Å². The molecule has 8 nitrogen and oxygen atoms in total. The van der Waals surface area contributed by atoms with E-state index in [-0.39, 0.29) is 48.5 Å². The largest absolute Gasteiger partial charge is 0.487 e. The molecule has 1 spiro atoms. The fourth-order valence-electron chi connectivity index (χ4n) is 4.39. The first-order valence-corrected chi connectivity index (χ1v) is 10.6. The smallest absolute Gasteiger partial charge is 0.309 e. The fraction of sp³-hybridized carbons (Fsp3) is 0.773. The van der Waals surface area contributed by atoms with Crippen LogP contribution < -0.4 is 0 Å². The molecule has 0 N–H and O–H groups in total. The number of esters is 2. The zero-order valence-corrected chi connectivity index (χ0v) is 18.3. The summed E-state index contributed by atoms with van der Waals surface area (Å²) in [4.78, 5) is 36.0. The summed E-state index contributed by atoms with van der Waals surface area (Å²) >= 11 is 0. The van der Waals surface area contributed by atoms with E-state index in [0.717, 1.165) is 0 Å². The molecule has 2 aliphatic heterocycles. The van der Waals surface area contributed by atoms with Crippen LogP contribution in [0.25, 0.3) is 0 Å². The second kappa shape index (κ2) is 8.96. The Hall–Kier alpha value is -2.09. The minimum atomic E-state index is -0.858. The van der Waals surface area contributed by atoms with Crippen molar-refractivity contribution in [1.82, 2.24) is 0 Å². The summed E-state index contributed by atoms with van der Waals surface area (Å²) in [5.74, 6) is -0.475. The molecule has 0 amide bonds. The number of hydrogen-bond donors (Lipinski definition) is 0. The molecule has 3 aliphatic rings. The van der Waals surface area contributed by atoms with Crippen LogP contribution in [0.1, 0.15) is 53.9 Å². The highest BCUT2D eigenvalue weighted by Gasteiger charge is 2.71. The number of epoxide rings is 1. The highest BCUT2D eigenvalue weighted by Crippen LogP contribution is 2.58. The van der Waals surface area contributed by atoms with Crippen LogP contribution in [0.5, 0.6) is 0 Å². The number of Topliss-reactive ketones (excluding diaryl/α,β-unsaturated/α-hetero) is 1.